The van der Waals surface area contributed by atoms with Crippen molar-refractivity contribution in [1.29, 1.82) is 0 Å². The maximum atomic E-state index is 11.4. The number of thioether (sulfide) groups is 1. The van der Waals surface area contributed by atoms with Gasteiger partial charge in [0.25, 0.3) is 0 Å². The molecule has 0 saturated heterocycles. The highest BCUT2D eigenvalue weighted by atomic mass is 35.5. The summed E-state index contributed by atoms with van der Waals surface area (Å²) >= 11 is 7.21. The van der Waals surface area contributed by atoms with E-state index in [4.69, 9.17) is 16.1 Å². The molecule has 1 N–H and O–H groups in total. The van der Waals surface area contributed by atoms with Crippen molar-refractivity contribution in [3.05, 3.63) is 47.5 Å². The van der Waals surface area contributed by atoms with Gasteiger partial charge in [-0.3, -0.25) is 4.79 Å². The Bertz CT molecular complexity index is 871. The van der Waals surface area contributed by atoms with Gasteiger partial charge in [-0.05, 0) is 38.1 Å². The first-order valence-electron chi connectivity index (χ1n) is 6.95. The molecule has 1 aromatic heterocycles. The van der Waals surface area contributed by atoms with Crippen molar-refractivity contribution in [2.45, 2.75) is 23.5 Å². The van der Waals surface area contributed by atoms with Gasteiger partial charge >= 0.3 is 5.97 Å². The lowest BCUT2D eigenvalue weighted by Gasteiger charge is -2.18. The molecule has 3 aromatic rings. The van der Waals surface area contributed by atoms with Crippen molar-refractivity contribution >= 4 is 40.3 Å². The molecule has 0 aliphatic rings. The highest BCUT2D eigenvalue weighted by Crippen LogP contribution is 2.41. The normalized spacial score (nSPS) is 11.8. The minimum atomic E-state index is -0.956. The monoisotopic (exact) mass is 347 g/mol. The fourth-order valence-electron chi connectivity index (χ4n) is 2.17. The van der Waals surface area contributed by atoms with Crippen LogP contribution < -0.4 is 0 Å². The van der Waals surface area contributed by atoms with Gasteiger partial charge in [-0.1, -0.05) is 35.0 Å². The molecule has 4 nitrogen and oxygen atoms in total. The van der Waals surface area contributed by atoms with Crippen molar-refractivity contribution in [2.24, 2.45) is 0 Å². The van der Waals surface area contributed by atoms with Crippen molar-refractivity contribution in [3.8, 4) is 11.3 Å². The maximum absolute atomic E-state index is 11.4. The van der Waals surface area contributed by atoms with E-state index in [0.29, 0.717) is 16.3 Å². The molecule has 0 saturated carbocycles. The van der Waals surface area contributed by atoms with Gasteiger partial charge in [0.2, 0.25) is 0 Å². The highest BCUT2D eigenvalue weighted by molar-refractivity contribution is 8.01. The van der Waals surface area contributed by atoms with E-state index in [-0.39, 0.29) is 0 Å². The summed E-state index contributed by atoms with van der Waals surface area (Å²) in [5.74, 6) is -0.871. The summed E-state index contributed by atoms with van der Waals surface area (Å²) in [4.78, 5) is 12.2. The van der Waals surface area contributed by atoms with E-state index in [2.05, 4.69) is 5.16 Å². The van der Waals surface area contributed by atoms with E-state index < -0.39 is 10.7 Å². The standard InChI is InChI=1S/C17H14ClNO3S/c1-17(2,16(20)21)23-13-5-3-4-12-14(13)15(19-22-12)10-6-8-11(18)9-7-10/h3-9H,1-2H3,(H,20,21). The predicted octanol–water partition coefficient (Wildman–Crippen LogP) is 5.10. The van der Waals surface area contributed by atoms with E-state index in [1.807, 2.05) is 30.3 Å². The molecule has 3 rings (SSSR count). The minimum absolute atomic E-state index is 0.626. The van der Waals surface area contributed by atoms with Crippen LogP contribution in [-0.2, 0) is 4.79 Å². The number of benzene rings is 2. The zero-order valence-electron chi connectivity index (χ0n) is 12.5. The molecule has 0 aliphatic heterocycles. The van der Waals surface area contributed by atoms with Gasteiger partial charge in [0, 0.05) is 15.5 Å². The van der Waals surface area contributed by atoms with E-state index >= 15 is 0 Å². The van der Waals surface area contributed by atoms with Crippen LogP contribution in [0.15, 0.2) is 51.9 Å². The fourth-order valence-corrected chi connectivity index (χ4v) is 3.38. The molecule has 0 radical (unpaired) electrons. The second-order valence-electron chi connectivity index (χ2n) is 5.58. The molecule has 0 fully saturated rings. The molecule has 0 atom stereocenters. The highest BCUT2D eigenvalue weighted by Gasteiger charge is 2.30. The lowest BCUT2D eigenvalue weighted by molar-refractivity contribution is -0.138. The van der Waals surface area contributed by atoms with Gasteiger partial charge in [0.15, 0.2) is 5.58 Å². The van der Waals surface area contributed by atoms with Gasteiger partial charge in [0.05, 0.1) is 5.39 Å². The molecule has 1 heterocycles. The lowest BCUT2D eigenvalue weighted by Crippen LogP contribution is -2.26. The molecule has 0 spiro atoms. The molecule has 0 aliphatic carbocycles. The summed E-state index contributed by atoms with van der Waals surface area (Å²) in [6, 6.07) is 12.8. The molecule has 6 heteroatoms. The number of hydrogen-bond acceptors (Lipinski definition) is 4. The van der Waals surface area contributed by atoms with Crippen LogP contribution in [0.5, 0.6) is 0 Å². The number of halogens is 1. The Labute approximate surface area is 142 Å². The third-order valence-corrected chi connectivity index (χ3v) is 4.95. The zero-order chi connectivity index (χ0) is 16.6. The number of hydrogen-bond donors (Lipinski definition) is 1. The predicted molar refractivity (Wildman–Crippen MR) is 92.0 cm³/mol. The number of carbonyl (C=O) groups is 1. The molecule has 23 heavy (non-hydrogen) atoms. The molecule has 0 amide bonds. The molecule has 2 aromatic carbocycles. The van der Waals surface area contributed by atoms with Crippen LogP contribution in [0.1, 0.15) is 13.8 Å². The summed E-state index contributed by atoms with van der Waals surface area (Å²) in [7, 11) is 0. The fraction of sp³-hybridized carbons (Fsp3) is 0.176. The third kappa shape index (κ3) is 3.07. The Balaban J connectivity index is 2.15. The number of aromatic nitrogens is 1. The van der Waals surface area contributed by atoms with Crippen molar-refractivity contribution in [1.82, 2.24) is 5.16 Å². The van der Waals surface area contributed by atoms with Crippen LogP contribution in [0, 0.1) is 0 Å². The number of carboxylic acid groups (broad SMARTS) is 1. The van der Waals surface area contributed by atoms with Crippen molar-refractivity contribution in [3.63, 3.8) is 0 Å². The van der Waals surface area contributed by atoms with Crippen LogP contribution in [-0.4, -0.2) is 21.0 Å². The topological polar surface area (TPSA) is 63.3 Å². The zero-order valence-corrected chi connectivity index (χ0v) is 14.1. The molecule has 0 unspecified atom stereocenters. The second-order valence-corrected chi connectivity index (χ2v) is 7.69. The Hall–Kier alpha value is -1.98. The summed E-state index contributed by atoms with van der Waals surface area (Å²) in [5.41, 5.74) is 2.18. The summed E-state index contributed by atoms with van der Waals surface area (Å²) in [6.45, 7) is 3.35. The van der Waals surface area contributed by atoms with Gasteiger partial charge < -0.3 is 9.63 Å². The molecule has 118 valence electrons. The number of fused-ring (bicyclic) bond motifs is 1. The van der Waals surface area contributed by atoms with Crippen molar-refractivity contribution < 1.29 is 14.4 Å². The number of carboxylic acids is 1. The third-order valence-electron chi connectivity index (χ3n) is 3.46. The second kappa shape index (κ2) is 5.91. The Kier molecular flexibility index (Phi) is 4.08. The van der Waals surface area contributed by atoms with Crippen LogP contribution in [0.3, 0.4) is 0 Å². The van der Waals surface area contributed by atoms with Gasteiger partial charge in [-0.15, -0.1) is 11.8 Å². The average Bonchev–Trinajstić information content (AvgIpc) is 2.93. The number of nitrogens with zero attached hydrogens (tertiary/aromatic N) is 1. The Morgan fingerprint density at radius 1 is 1.22 bits per heavy atom. The van der Waals surface area contributed by atoms with E-state index in [0.717, 1.165) is 15.8 Å². The lowest BCUT2D eigenvalue weighted by atomic mass is 10.1. The largest absolute Gasteiger partial charge is 0.480 e. The summed E-state index contributed by atoms with van der Waals surface area (Å²) in [6.07, 6.45) is 0. The maximum Gasteiger partial charge on any atom is 0.319 e. The van der Waals surface area contributed by atoms with Gasteiger partial charge in [0.1, 0.15) is 10.4 Å². The Morgan fingerprint density at radius 2 is 1.91 bits per heavy atom. The summed E-state index contributed by atoms with van der Waals surface area (Å²) in [5, 5.41) is 15.0. The summed E-state index contributed by atoms with van der Waals surface area (Å²) < 4.78 is 4.45. The van der Waals surface area contributed by atoms with Gasteiger partial charge in [-0.25, -0.2) is 0 Å². The van der Waals surface area contributed by atoms with E-state index in [9.17, 15) is 9.90 Å². The van der Waals surface area contributed by atoms with Crippen LogP contribution >= 0.6 is 23.4 Å². The SMILES string of the molecule is CC(C)(Sc1cccc2onc(-c3ccc(Cl)cc3)c12)C(=O)O. The molecular weight excluding hydrogens is 334 g/mol. The first-order valence-corrected chi connectivity index (χ1v) is 8.15. The van der Waals surface area contributed by atoms with Crippen LogP contribution in [0.4, 0.5) is 0 Å². The number of aliphatic carboxylic acids is 1. The quantitative estimate of drug-likeness (QED) is 0.665. The van der Waals surface area contributed by atoms with Gasteiger partial charge in [-0.2, -0.15) is 0 Å². The average molecular weight is 348 g/mol. The van der Waals surface area contributed by atoms with Crippen molar-refractivity contribution in [2.75, 3.05) is 0 Å². The Morgan fingerprint density at radius 3 is 2.57 bits per heavy atom. The van der Waals surface area contributed by atoms with Crippen LogP contribution in [0.2, 0.25) is 5.02 Å². The minimum Gasteiger partial charge on any atom is -0.480 e. The number of rotatable bonds is 4. The molecular formula is C17H14ClNO3S. The first kappa shape index (κ1) is 15.9. The van der Waals surface area contributed by atoms with E-state index in [1.54, 1.807) is 26.0 Å². The van der Waals surface area contributed by atoms with E-state index in [1.165, 1.54) is 11.8 Å². The smallest absolute Gasteiger partial charge is 0.319 e. The van der Waals surface area contributed by atoms with Crippen LogP contribution in [0.25, 0.3) is 22.2 Å². The molecule has 0 bridgehead atoms. The first-order chi connectivity index (χ1) is 10.9.